The second-order valence-corrected chi connectivity index (χ2v) is 6.57. The first-order valence-corrected chi connectivity index (χ1v) is 9.15. The van der Waals surface area contributed by atoms with Crippen LogP contribution in [-0.2, 0) is 16.0 Å². The van der Waals surface area contributed by atoms with Gasteiger partial charge in [-0.1, -0.05) is 6.92 Å². The summed E-state index contributed by atoms with van der Waals surface area (Å²) in [7, 11) is 3.06. The van der Waals surface area contributed by atoms with Crippen LogP contribution in [0.1, 0.15) is 49.0 Å². The predicted molar refractivity (Wildman–Crippen MR) is 99.1 cm³/mol. The number of rotatable bonds is 8. The highest BCUT2D eigenvalue weighted by atomic mass is 16.5. The Kier molecular flexibility index (Phi) is 7.45. The second-order valence-electron chi connectivity index (χ2n) is 6.57. The van der Waals surface area contributed by atoms with Crippen molar-refractivity contribution >= 4 is 11.7 Å². The number of likely N-dealkylation sites (tertiary alicyclic amines) is 1. The first kappa shape index (κ1) is 20.2. The topological polar surface area (TPSA) is 65.1 Å². The molecule has 6 heteroatoms. The molecule has 1 atom stereocenters. The van der Waals surface area contributed by atoms with Gasteiger partial charge in [0.15, 0.2) is 17.3 Å². The average Bonchev–Trinajstić information content (AvgIpc) is 2.65. The third-order valence-electron chi connectivity index (χ3n) is 4.62. The SMILES string of the molecule is CCCO[C@H]1CCCN(C(=O)Cc2cc(OC)c(OC)cc2C(C)=O)C1. The molecule has 0 radical (unpaired) electrons. The maximum atomic E-state index is 12.8. The highest BCUT2D eigenvalue weighted by molar-refractivity contribution is 5.97. The number of ether oxygens (including phenoxy) is 3. The molecule has 1 aliphatic heterocycles. The average molecular weight is 363 g/mol. The van der Waals surface area contributed by atoms with Gasteiger partial charge in [0.05, 0.1) is 26.7 Å². The van der Waals surface area contributed by atoms with Gasteiger partial charge in [0.1, 0.15) is 0 Å². The fourth-order valence-electron chi connectivity index (χ4n) is 3.26. The van der Waals surface area contributed by atoms with E-state index < -0.39 is 0 Å². The maximum Gasteiger partial charge on any atom is 0.227 e. The Labute approximate surface area is 155 Å². The van der Waals surface area contributed by atoms with Crippen molar-refractivity contribution in [2.45, 2.75) is 45.6 Å². The number of methoxy groups -OCH3 is 2. The summed E-state index contributed by atoms with van der Waals surface area (Å²) in [5.41, 5.74) is 1.16. The van der Waals surface area contributed by atoms with Crippen molar-refractivity contribution < 1.29 is 23.8 Å². The minimum Gasteiger partial charge on any atom is -0.493 e. The highest BCUT2D eigenvalue weighted by Crippen LogP contribution is 2.31. The van der Waals surface area contributed by atoms with Crippen molar-refractivity contribution in [2.24, 2.45) is 0 Å². The lowest BCUT2D eigenvalue weighted by atomic mass is 9.99. The summed E-state index contributed by atoms with van der Waals surface area (Å²) in [6, 6.07) is 3.37. The van der Waals surface area contributed by atoms with Gasteiger partial charge >= 0.3 is 0 Å². The molecule has 0 spiro atoms. The quantitative estimate of drug-likeness (QED) is 0.665. The van der Waals surface area contributed by atoms with E-state index >= 15 is 0 Å². The van der Waals surface area contributed by atoms with E-state index in [9.17, 15) is 9.59 Å². The van der Waals surface area contributed by atoms with E-state index in [-0.39, 0.29) is 24.2 Å². The number of nitrogens with zero attached hydrogens (tertiary/aromatic N) is 1. The van der Waals surface area contributed by atoms with Gasteiger partial charge in [0.2, 0.25) is 5.91 Å². The predicted octanol–water partition coefficient (Wildman–Crippen LogP) is 2.87. The van der Waals surface area contributed by atoms with E-state index in [1.165, 1.54) is 21.1 Å². The van der Waals surface area contributed by atoms with E-state index in [4.69, 9.17) is 14.2 Å². The molecule has 1 aliphatic rings. The molecule has 0 saturated carbocycles. The van der Waals surface area contributed by atoms with Crippen molar-refractivity contribution in [1.82, 2.24) is 4.90 Å². The van der Waals surface area contributed by atoms with E-state index in [1.807, 2.05) is 4.90 Å². The number of amides is 1. The number of Topliss-reactive ketones (excluding diaryl/α,β-unsaturated/α-hetero) is 1. The fourth-order valence-corrected chi connectivity index (χ4v) is 3.26. The smallest absolute Gasteiger partial charge is 0.227 e. The normalized spacial score (nSPS) is 17.1. The van der Waals surface area contributed by atoms with Crippen LogP contribution in [0.5, 0.6) is 11.5 Å². The molecule has 144 valence electrons. The van der Waals surface area contributed by atoms with Crippen LogP contribution < -0.4 is 9.47 Å². The molecule has 0 unspecified atom stereocenters. The largest absolute Gasteiger partial charge is 0.493 e. The Hall–Kier alpha value is -2.08. The minimum absolute atomic E-state index is 0.00418. The van der Waals surface area contributed by atoms with Crippen LogP contribution in [0.4, 0.5) is 0 Å². The van der Waals surface area contributed by atoms with Gasteiger partial charge in [0, 0.05) is 25.3 Å². The van der Waals surface area contributed by atoms with Crippen LogP contribution >= 0.6 is 0 Å². The van der Waals surface area contributed by atoms with E-state index in [1.54, 1.807) is 12.1 Å². The Bertz CT molecular complexity index is 643. The van der Waals surface area contributed by atoms with Crippen LogP contribution in [0, 0.1) is 0 Å². The highest BCUT2D eigenvalue weighted by Gasteiger charge is 2.25. The van der Waals surface area contributed by atoms with E-state index in [2.05, 4.69) is 6.92 Å². The zero-order valence-corrected chi connectivity index (χ0v) is 16.2. The molecule has 0 aromatic heterocycles. The first-order chi connectivity index (χ1) is 12.5. The number of hydrogen-bond donors (Lipinski definition) is 0. The van der Waals surface area contributed by atoms with Crippen LogP contribution in [0.15, 0.2) is 12.1 Å². The van der Waals surface area contributed by atoms with Crippen LogP contribution in [0.3, 0.4) is 0 Å². The van der Waals surface area contributed by atoms with Crippen molar-refractivity contribution in [3.63, 3.8) is 0 Å². The summed E-state index contributed by atoms with van der Waals surface area (Å²) < 4.78 is 16.4. The van der Waals surface area contributed by atoms with Crippen molar-refractivity contribution in [1.29, 1.82) is 0 Å². The Balaban J connectivity index is 2.15. The van der Waals surface area contributed by atoms with Crippen LogP contribution in [0.25, 0.3) is 0 Å². The number of ketones is 1. The van der Waals surface area contributed by atoms with Gasteiger partial charge in [-0.25, -0.2) is 0 Å². The summed E-state index contributed by atoms with van der Waals surface area (Å²) in [5.74, 6) is 0.907. The molecule has 1 aromatic rings. The fraction of sp³-hybridized carbons (Fsp3) is 0.600. The number of benzene rings is 1. The molecule has 1 aromatic carbocycles. The molecule has 1 amide bonds. The van der Waals surface area contributed by atoms with Gasteiger partial charge < -0.3 is 19.1 Å². The summed E-state index contributed by atoms with van der Waals surface area (Å²) in [5, 5.41) is 0. The number of piperidine rings is 1. The maximum absolute atomic E-state index is 12.8. The van der Waals surface area contributed by atoms with Gasteiger partial charge in [-0.05, 0) is 43.9 Å². The molecule has 0 aliphatic carbocycles. The summed E-state index contributed by atoms with van der Waals surface area (Å²) >= 11 is 0. The minimum atomic E-state index is -0.100. The van der Waals surface area contributed by atoms with Crippen molar-refractivity contribution in [3.8, 4) is 11.5 Å². The van der Waals surface area contributed by atoms with Crippen LogP contribution in [0.2, 0.25) is 0 Å². The molecule has 1 heterocycles. The zero-order chi connectivity index (χ0) is 19.1. The summed E-state index contributed by atoms with van der Waals surface area (Å²) in [4.78, 5) is 26.7. The standard InChI is InChI=1S/C20H29NO5/c1-5-9-26-16-7-6-8-21(13-16)20(23)11-15-10-18(24-3)19(25-4)12-17(15)14(2)22/h10,12,16H,5-9,11,13H2,1-4H3/t16-/m0/s1. The van der Waals surface area contributed by atoms with Gasteiger partial charge in [0.25, 0.3) is 0 Å². The van der Waals surface area contributed by atoms with Crippen molar-refractivity contribution in [2.75, 3.05) is 33.9 Å². The van der Waals surface area contributed by atoms with Crippen LogP contribution in [-0.4, -0.2) is 56.6 Å². The Morgan fingerprint density at radius 1 is 1.19 bits per heavy atom. The summed E-state index contributed by atoms with van der Waals surface area (Å²) in [6.45, 7) is 5.63. The molecule has 2 rings (SSSR count). The van der Waals surface area contributed by atoms with Gasteiger partial charge in [-0.3, -0.25) is 9.59 Å². The number of carbonyl (C=O) groups is 2. The lowest BCUT2D eigenvalue weighted by Crippen LogP contribution is -2.44. The molecule has 1 fully saturated rings. The Morgan fingerprint density at radius 3 is 2.50 bits per heavy atom. The number of carbonyl (C=O) groups excluding carboxylic acids is 2. The molecular formula is C20H29NO5. The van der Waals surface area contributed by atoms with E-state index in [0.29, 0.717) is 29.2 Å². The molecule has 1 saturated heterocycles. The van der Waals surface area contributed by atoms with Gasteiger partial charge in [-0.15, -0.1) is 0 Å². The number of hydrogen-bond acceptors (Lipinski definition) is 5. The van der Waals surface area contributed by atoms with E-state index in [0.717, 1.165) is 32.4 Å². The summed E-state index contributed by atoms with van der Waals surface area (Å²) in [6.07, 6.45) is 3.16. The van der Waals surface area contributed by atoms with Gasteiger partial charge in [-0.2, -0.15) is 0 Å². The second kappa shape index (κ2) is 9.57. The third kappa shape index (κ3) is 4.97. The zero-order valence-electron chi connectivity index (χ0n) is 16.2. The molecule has 0 bridgehead atoms. The first-order valence-electron chi connectivity index (χ1n) is 9.15. The lowest BCUT2D eigenvalue weighted by Gasteiger charge is -2.33. The molecule has 6 nitrogen and oxygen atoms in total. The molecule has 26 heavy (non-hydrogen) atoms. The Morgan fingerprint density at radius 2 is 1.88 bits per heavy atom. The molecule has 0 N–H and O–H groups in total. The molecular weight excluding hydrogens is 334 g/mol. The lowest BCUT2D eigenvalue weighted by molar-refractivity contribution is -0.134. The monoisotopic (exact) mass is 363 g/mol. The van der Waals surface area contributed by atoms with Crippen molar-refractivity contribution in [3.05, 3.63) is 23.3 Å². The third-order valence-corrected chi connectivity index (χ3v) is 4.62.